The minimum absolute atomic E-state index is 0.0252. The Labute approximate surface area is 140 Å². The maximum absolute atomic E-state index is 12.3. The standard InChI is InChI=1S/C13H18Cl2N2O4S/c1-8(7-21-3)16-13(18)9(2)17-22(19,20)12-6-10(14)4-5-11(12)15/h4-6,8-9,17H,7H2,1-3H3,(H,16,18)/t8-,9-/m1/s1. The van der Waals surface area contributed by atoms with E-state index in [0.29, 0.717) is 6.61 Å². The van der Waals surface area contributed by atoms with Gasteiger partial charge in [0.05, 0.1) is 17.7 Å². The van der Waals surface area contributed by atoms with Crippen LogP contribution in [0, 0.1) is 0 Å². The number of rotatable bonds is 7. The average molecular weight is 369 g/mol. The number of ether oxygens (including phenoxy) is 1. The molecule has 1 aromatic rings. The summed E-state index contributed by atoms with van der Waals surface area (Å²) in [4.78, 5) is 11.8. The minimum atomic E-state index is -3.96. The van der Waals surface area contributed by atoms with Crippen molar-refractivity contribution < 1.29 is 17.9 Å². The summed E-state index contributed by atoms with van der Waals surface area (Å²) in [6, 6.07) is 2.87. The normalized spacial score (nSPS) is 14.4. The van der Waals surface area contributed by atoms with Crippen LogP contribution in [0.15, 0.2) is 23.1 Å². The Hall–Kier alpha value is -0.860. The Morgan fingerprint density at radius 2 is 1.95 bits per heavy atom. The fourth-order valence-electron chi connectivity index (χ4n) is 1.69. The molecule has 0 heterocycles. The smallest absolute Gasteiger partial charge is 0.242 e. The molecule has 2 atom stereocenters. The van der Waals surface area contributed by atoms with E-state index >= 15 is 0 Å². The zero-order chi connectivity index (χ0) is 16.9. The Balaban J connectivity index is 2.83. The molecule has 0 fully saturated rings. The first kappa shape index (κ1) is 19.2. The fourth-order valence-corrected chi connectivity index (χ4v) is 3.66. The molecule has 6 nitrogen and oxygen atoms in total. The van der Waals surface area contributed by atoms with Crippen LogP contribution in [0.4, 0.5) is 0 Å². The second kappa shape index (κ2) is 8.12. The highest BCUT2D eigenvalue weighted by Gasteiger charge is 2.25. The summed E-state index contributed by atoms with van der Waals surface area (Å²) in [5, 5.41) is 2.89. The highest BCUT2D eigenvalue weighted by atomic mass is 35.5. The molecule has 124 valence electrons. The Bertz CT molecular complexity index is 637. The molecule has 0 radical (unpaired) electrons. The van der Waals surface area contributed by atoms with Crippen molar-refractivity contribution in [2.45, 2.75) is 30.8 Å². The molecular weight excluding hydrogens is 351 g/mol. The predicted molar refractivity (Wildman–Crippen MR) is 85.7 cm³/mol. The molecule has 0 bridgehead atoms. The summed E-state index contributed by atoms with van der Waals surface area (Å²) < 4.78 is 31.7. The van der Waals surface area contributed by atoms with Crippen molar-refractivity contribution in [2.24, 2.45) is 0 Å². The Morgan fingerprint density at radius 1 is 1.32 bits per heavy atom. The van der Waals surface area contributed by atoms with Crippen LogP contribution in [-0.4, -0.2) is 40.1 Å². The maximum atomic E-state index is 12.3. The lowest BCUT2D eigenvalue weighted by atomic mass is 10.3. The highest BCUT2D eigenvalue weighted by Crippen LogP contribution is 2.24. The molecule has 0 spiro atoms. The van der Waals surface area contributed by atoms with Crippen LogP contribution < -0.4 is 10.0 Å². The van der Waals surface area contributed by atoms with E-state index in [1.807, 2.05) is 0 Å². The van der Waals surface area contributed by atoms with Crippen molar-refractivity contribution in [2.75, 3.05) is 13.7 Å². The first-order valence-corrected chi connectivity index (χ1v) is 8.68. The third-order valence-corrected chi connectivity index (χ3v) is 4.97. The summed E-state index contributed by atoms with van der Waals surface area (Å²) in [5.41, 5.74) is 0. The van der Waals surface area contributed by atoms with Gasteiger partial charge in [-0.05, 0) is 32.0 Å². The van der Waals surface area contributed by atoms with Crippen molar-refractivity contribution in [1.29, 1.82) is 0 Å². The lowest BCUT2D eigenvalue weighted by molar-refractivity contribution is -0.123. The molecule has 1 amide bonds. The fraction of sp³-hybridized carbons (Fsp3) is 0.462. The van der Waals surface area contributed by atoms with E-state index in [4.69, 9.17) is 27.9 Å². The van der Waals surface area contributed by atoms with Crippen molar-refractivity contribution in [3.63, 3.8) is 0 Å². The first-order chi connectivity index (χ1) is 10.2. The number of carbonyl (C=O) groups is 1. The monoisotopic (exact) mass is 368 g/mol. The van der Waals surface area contributed by atoms with Gasteiger partial charge >= 0.3 is 0 Å². The van der Waals surface area contributed by atoms with Gasteiger partial charge in [0.15, 0.2) is 0 Å². The van der Waals surface area contributed by atoms with E-state index in [0.717, 1.165) is 0 Å². The van der Waals surface area contributed by atoms with Crippen LogP contribution in [0.3, 0.4) is 0 Å². The van der Waals surface area contributed by atoms with Gasteiger partial charge in [0.1, 0.15) is 4.90 Å². The summed E-state index contributed by atoms with van der Waals surface area (Å²) in [6.45, 7) is 3.51. The number of methoxy groups -OCH3 is 1. The van der Waals surface area contributed by atoms with Crippen LogP contribution in [0.5, 0.6) is 0 Å². The minimum Gasteiger partial charge on any atom is -0.383 e. The summed E-state index contributed by atoms with van der Waals surface area (Å²) in [7, 11) is -2.45. The van der Waals surface area contributed by atoms with Crippen LogP contribution >= 0.6 is 23.2 Å². The SMILES string of the molecule is COC[C@@H](C)NC(=O)[C@@H](C)NS(=O)(=O)c1cc(Cl)ccc1Cl. The lowest BCUT2D eigenvalue weighted by Gasteiger charge is -2.18. The highest BCUT2D eigenvalue weighted by molar-refractivity contribution is 7.89. The molecule has 0 aliphatic rings. The van der Waals surface area contributed by atoms with Crippen molar-refractivity contribution in [3.05, 3.63) is 28.2 Å². The van der Waals surface area contributed by atoms with E-state index in [-0.39, 0.29) is 21.0 Å². The lowest BCUT2D eigenvalue weighted by Crippen LogP contribution is -2.48. The predicted octanol–water partition coefficient (Wildman–Crippen LogP) is 1.81. The van der Waals surface area contributed by atoms with Gasteiger partial charge in [-0.15, -0.1) is 0 Å². The van der Waals surface area contributed by atoms with E-state index in [9.17, 15) is 13.2 Å². The number of amides is 1. The molecule has 1 aromatic carbocycles. The molecule has 0 saturated heterocycles. The van der Waals surface area contributed by atoms with Gasteiger partial charge in [-0.2, -0.15) is 4.72 Å². The maximum Gasteiger partial charge on any atom is 0.242 e. The number of sulfonamides is 1. The van der Waals surface area contributed by atoms with Gasteiger partial charge in [0.25, 0.3) is 0 Å². The van der Waals surface area contributed by atoms with E-state index in [2.05, 4.69) is 10.0 Å². The van der Waals surface area contributed by atoms with Gasteiger partial charge in [0.2, 0.25) is 15.9 Å². The average Bonchev–Trinajstić information content (AvgIpc) is 2.41. The number of hydrogen-bond donors (Lipinski definition) is 2. The zero-order valence-corrected chi connectivity index (χ0v) is 14.7. The molecule has 0 aromatic heterocycles. The number of halogens is 2. The third-order valence-electron chi connectivity index (χ3n) is 2.71. The number of hydrogen-bond acceptors (Lipinski definition) is 4. The second-order valence-corrected chi connectivity index (χ2v) is 7.31. The molecule has 1 rings (SSSR count). The molecular formula is C13H18Cl2N2O4S. The number of nitrogens with one attached hydrogen (secondary N) is 2. The number of carbonyl (C=O) groups excluding carboxylic acids is 1. The third kappa shape index (κ3) is 5.40. The van der Waals surface area contributed by atoms with E-state index < -0.39 is 22.0 Å². The van der Waals surface area contributed by atoms with Gasteiger partial charge in [-0.3, -0.25) is 4.79 Å². The van der Waals surface area contributed by atoms with Crippen LogP contribution in [0.25, 0.3) is 0 Å². The van der Waals surface area contributed by atoms with Gasteiger partial charge in [-0.25, -0.2) is 8.42 Å². The van der Waals surface area contributed by atoms with E-state index in [1.54, 1.807) is 6.92 Å². The van der Waals surface area contributed by atoms with Crippen LogP contribution in [-0.2, 0) is 19.6 Å². The van der Waals surface area contributed by atoms with Crippen molar-refractivity contribution >= 4 is 39.1 Å². The molecule has 0 saturated carbocycles. The molecule has 0 aliphatic heterocycles. The van der Waals surface area contributed by atoms with Crippen molar-refractivity contribution in [1.82, 2.24) is 10.0 Å². The van der Waals surface area contributed by atoms with E-state index in [1.165, 1.54) is 32.2 Å². The summed E-state index contributed by atoms with van der Waals surface area (Å²) >= 11 is 11.7. The molecule has 9 heteroatoms. The molecule has 2 N–H and O–H groups in total. The summed E-state index contributed by atoms with van der Waals surface area (Å²) in [5.74, 6) is -0.466. The van der Waals surface area contributed by atoms with Gasteiger partial charge in [-0.1, -0.05) is 23.2 Å². The zero-order valence-electron chi connectivity index (χ0n) is 12.4. The van der Waals surface area contributed by atoms with Crippen molar-refractivity contribution in [3.8, 4) is 0 Å². The molecule has 0 unspecified atom stereocenters. The molecule has 22 heavy (non-hydrogen) atoms. The van der Waals surface area contributed by atoms with Crippen LogP contribution in [0.1, 0.15) is 13.8 Å². The second-order valence-electron chi connectivity index (χ2n) is 4.78. The molecule has 0 aliphatic carbocycles. The first-order valence-electron chi connectivity index (χ1n) is 6.44. The largest absolute Gasteiger partial charge is 0.383 e. The van der Waals surface area contributed by atoms with Crippen LogP contribution in [0.2, 0.25) is 10.0 Å². The topological polar surface area (TPSA) is 84.5 Å². The summed E-state index contributed by atoms with van der Waals surface area (Å²) in [6.07, 6.45) is 0. The quantitative estimate of drug-likeness (QED) is 0.768. The Morgan fingerprint density at radius 3 is 2.55 bits per heavy atom. The van der Waals surface area contributed by atoms with Gasteiger partial charge in [0, 0.05) is 18.2 Å². The van der Waals surface area contributed by atoms with Gasteiger partial charge < -0.3 is 10.1 Å². The number of benzene rings is 1. The Kier molecular flexibility index (Phi) is 7.08.